The monoisotopic (exact) mass is 206 g/mol. The van der Waals surface area contributed by atoms with E-state index in [-0.39, 0.29) is 10.8 Å². The van der Waals surface area contributed by atoms with Gasteiger partial charge in [-0.3, -0.25) is 4.79 Å². The first-order chi connectivity index (χ1) is 5.56. The molecule has 0 atom stereocenters. The summed E-state index contributed by atoms with van der Waals surface area (Å²) in [6, 6.07) is 1.31. The second-order valence-electron chi connectivity index (χ2n) is 1.80. The van der Waals surface area contributed by atoms with Crippen LogP contribution < -0.4 is 0 Å². The van der Waals surface area contributed by atoms with Crippen LogP contribution in [-0.4, -0.2) is 24.0 Å². The molecule has 0 unspecified atom stereocenters. The minimum Gasteiger partial charge on any atom is -0.285 e. The number of sulfone groups is 1. The van der Waals surface area contributed by atoms with Crippen LogP contribution in [0.15, 0.2) is 17.4 Å². The fourth-order valence-corrected chi connectivity index (χ4v) is 1.21. The molecule has 0 aromatic carbocycles. The van der Waals surface area contributed by atoms with Crippen molar-refractivity contribution in [1.29, 1.82) is 0 Å². The largest absolute Gasteiger partial charge is 0.285 e. The fraction of sp³-hybridized carbons (Fsp3) is 0. The molecule has 0 aliphatic carbocycles. The van der Waals surface area contributed by atoms with Crippen molar-refractivity contribution in [1.82, 2.24) is 9.97 Å². The minimum atomic E-state index is -4.01. The second-order valence-corrected chi connectivity index (χ2v) is 3.84. The number of rotatable bonds is 2. The average molecular weight is 207 g/mol. The van der Waals surface area contributed by atoms with Gasteiger partial charge in [0.1, 0.15) is 5.15 Å². The molecule has 1 rings (SSSR count). The fourth-order valence-electron chi connectivity index (χ4n) is 0.500. The van der Waals surface area contributed by atoms with E-state index in [2.05, 4.69) is 9.97 Å². The van der Waals surface area contributed by atoms with Crippen LogP contribution in [0.5, 0.6) is 0 Å². The standard InChI is InChI=1S/C5H3ClN2O3S/c6-4-1-2-7-5(8-4)12(10,11)3-9/h1-3H. The van der Waals surface area contributed by atoms with Crippen molar-refractivity contribution in [2.24, 2.45) is 0 Å². The molecule has 1 heterocycles. The number of hydrogen-bond donors (Lipinski definition) is 0. The molecule has 5 nitrogen and oxygen atoms in total. The van der Waals surface area contributed by atoms with Crippen LogP contribution in [0.25, 0.3) is 0 Å². The molecular formula is C5H3ClN2O3S. The Bertz CT molecular complexity index is 403. The molecular weight excluding hydrogens is 204 g/mol. The van der Waals surface area contributed by atoms with E-state index in [1.807, 2.05) is 0 Å². The summed E-state index contributed by atoms with van der Waals surface area (Å²) in [6.45, 7) is 0. The molecule has 12 heavy (non-hydrogen) atoms. The van der Waals surface area contributed by atoms with Gasteiger partial charge in [-0.05, 0) is 6.07 Å². The van der Waals surface area contributed by atoms with Gasteiger partial charge >= 0.3 is 0 Å². The van der Waals surface area contributed by atoms with Crippen molar-refractivity contribution < 1.29 is 13.2 Å². The van der Waals surface area contributed by atoms with Gasteiger partial charge in [-0.1, -0.05) is 11.6 Å². The third-order valence-corrected chi connectivity index (χ3v) is 2.15. The van der Waals surface area contributed by atoms with E-state index in [1.54, 1.807) is 0 Å². The van der Waals surface area contributed by atoms with E-state index in [0.29, 0.717) is 0 Å². The zero-order chi connectivity index (χ0) is 9.19. The van der Waals surface area contributed by atoms with Crippen molar-refractivity contribution in [3.05, 3.63) is 17.4 Å². The first-order valence-electron chi connectivity index (χ1n) is 2.75. The van der Waals surface area contributed by atoms with Crippen LogP contribution in [0.2, 0.25) is 5.15 Å². The zero-order valence-electron chi connectivity index (χ0n) is 5.64. The van der Waals surface area contributed by atoms with Crippen molar-refractivity contribution in [3.8, 4) is 0 Å². The Hall–Kier alpha value is -1.01. The van der Waals surface area contributed by atoms with E-state index in [9.17, 15) is 13.2 Å². The van der Waals surface area contributed by atoms with Crippen LogP contribution in [0.1, 0.15) is 0 Å². The molecule has 1 aromatic heterocycles. The molecule has 0 aliphatic rings. The summed E-state index contributed by atoms with van der Waals surface area (Å²) in [5, 5.41) is -0.601. The number of nitrogens with zero attached hydrogens (tertiary/aromatic N) is 2. The predicted octanol–water partition coefficient (Wildman–Crippen LogP) is 0.0939. The van der Waals surface area contributed by atoms with Gasteiger partial charge in [0.15, 0.2) is 0 Å². The summed E-state index contributed by atoms with van der Waals surface area (Å²) in [7, 11) is -4.01. The molecule has 0 fully saturated rings. The maximum atomic E-state index is 10.8. The zero-order valence-corrected chi connectivity index (χ0v) is 7.21. The summed E-state index contributed by atoms with van der Waals surface area (Å²) in [4.78, 5) is 16.7. The normalized spacial score (nSPS) is 11.1. The Balaban J connectivity index is 3.30. The van der Waals surface area contributed by atoms with Crippen molar-refractivity contribution >= 4 is 27.1 Å². The molecule has 1 aromatic rings. The van der Waals surface area contributed by atoms with Crippen LogP contribution in [0.4, 0.5) is 0 Å². The van der Waals surface area contributed by atoms with Gasteiger partial charge in [-0.2, -0.15) is 0 Å². The van der Waals surface area contributed by atoms with Crippen molar-refractivity contribution in [3.63, 3.8) is 0 Å². The van der Waals surface area contributed by atoms with Gasteiger partial charge in [0, 0.05) is 6.20 Å². The van der Waals surface area contributed by atoms with E-state index in [1.165, 1.54) is 6.07 Å². The van der Waals surface area contributed by atoms with E-state index in [0.717, 1.165) is 6.20 Å². The maximum Gasteiger partial charge on any atom is 0.272 e. The minimum absolute atomic E-state index is 0.0228. The topological polar surface area (TPSA) is 77.0 Å². The lowest BCUT2D eigenvalue weighted by atomic mass is 10.7. The quantitative estimate of drug-likeness (QED) is 0.390. The molecule has 0 bridgehead atoms. The van der Waals surface area contributed by atoms with Gasteiger partial charge in [0.05, 0.1) is 0 Å². The molecule has 0 aliphatic heterocycles. The van der Waals surface area contributed by atoms with E-state index < -0.39 is 15.0 Å². The van der Waals surface area contributed by atoms with Gasteiger partial charge in [-0.25, -0.2) is 18.4 Å². The lowest BCUT2D eigenvalue weighted by molar-refractivity contribution is 0.553. The summed E-state index contributed by atoms with van der Waals surface area (Å²) < 4.78 is 21.6. The highest BCUT2D eigenvalue weighted by Crippen LogP contribution is 2.06. The third kappa shape index (κ3) is 1.77. The molecule has 7 heteroatoms. The highest BCUT2D eigenvalue weighted by Gasteiger charge is 2.16. The highest BCUT2D eigenvalue weighted by atomic mass is 35.5. The summed E-state index contributed by atoms with van der Waals surface area (Å²) >= 11 is 5.38. The number of aromatic nitrogens is 2. The summed E-state index contributed by atoms with van der Waals surface area (Å²) in [6.07, 6.45) is 1.16. The third-order valence-electron chi connectivity index (χ3n) is 0.981. The summed E-state index contributed by atoms with van der Waals surface area (Å²) in [5.74, 6) is 0. The van der Waals surface area contributed by atoms with Gasteiger partial charge in [-0.15, -0.1) is 0 Å². The first kappa shape index (κ1) is 9.08. The lowest BCUT2D eigenvalue weighted by Crippen LogP contribution is -2.06. The lowest BCUT2D eigenvalue weighted by Gasteiger charge is -1.93. The number of hydrogen-bond acceptors (Lipinski definition) is 5. The Labute approximate surface area is 73.3 Å². The van der Waals surface area contributed by atoms with Crippen LogP contribution in [-0.2, 0) is 14.6 Å². The number of halogens is 1. The molecule has 0 spiro atoms. The van der Waals surface area contributed by atoms with Gasteiger partial charge in [0.25, 0.3) is 15.0 Å². The Morgan fingerprint density at radius 2 is 2.17 bits per heavy atom. The second kappa shape index (κ2) is 3.16. The van der Waals surface area contributed by atoms with Crippen LogP contribution in [0.3, 0.4) is 0 Å². The molecule has 0 amide bonds. The van der Waals surface area contributed by atoms with Crippen molar-refractivity contribution in [2.75, 3.05) is 0 Å². The molecule has 0 saturated carbocycles. The maximum absolute atomic E-state index is 10.8. The SMILES string of the molecule is O=CS(=O)(=O)c1nccc(Cl)n1. The van der Waals surface area contributed by atoms with Crippen LogP contribution in [0, 0.1) is 0 Å². The number of carbonyl (C=O) groups excluding carboxylic acids is 1. The Morgan fingerprint density at radius 3 is 2.67 bits per heavy atom. The molecule has 0 radical (unpaired) electrons. The highest BCUT2D eigenvalue weighted by molar-refractivity contribution is 8.04. The van der Waals surface area contributed by atoms with Crippen LogP contribution >= 0.6 is 11.6 Å². The van der Waals surface area contributed by atoms with Gasteiger partial charge < -0.3 is 0 Å². The Morgan fingerprint density at radius 1 is 1.50 bits per heavy atom. The molecule has 64 valence electrons. The smallest absolute Gasteiger partial charge is 0.272 e. The number of carbonyl (C=O) groups is 1. The first-order valence-corrected chi connectivity index (χ1v) is 4.67. The Kier molecular flexibility index (Phi) is 2.39. The summed E-state index contributed by atoms with van der Waals surface area (Å²) in [5.41, 5.74) is -0.224. The predicted molar refractivity (Wildman–Crippen MR) is 41.0 cm³/mol. The van der Waals surface area contributed by atoms with E-state index >= 15 is 0 Å². The van der Waals surface area contributed by atoms with E-state index in [4.69, 9.17) is 11.6 Å². The van der Waals surface area contributed by atoms with Crippen molar-refractivity contribution in [2.45, 2.75) is 5.16 Å². The average Bonchev–Trinajstić information content (AvgIpc) is 2.05. The van der Waals surface area contributed by atoms with Gasteiger partial charge in [0.2, 0.25) is 5.62 Å². The molecule has 0 saturated heterocycles. The molecule has 0 N–H and O–H groups in total.